The number of rotatable bonds is 2. The van der Waals surface area contributed by atoms with Crippen molar-refractivity contribution in [1.82, 2.24) is 0 Å². The Bertz CT molecular complexity index is 440. The average Bonchev–Trinajstić information content (AvgIpc) is 3.02. The maximum absolute atomic E-state index is 7.50. The quantitative estimate of drug-likeness (QED) is 0.208. The molecule has 0 unspecified atom stereocenters. The van der Waals surface area contributed by atoms with Crippen LogP contribution in [0.5, 0.6) is 0 Å². The molecule has 5 heteroatoms. The van der Waals surface area contributed by atoms with Crippen molar-refractivity contribution in [3.63, 3.8) is 0 Å². The minimum atomic E-state index is 0. The van der Waals surface area contributed by atoms with Crippen LogP contribution in [0.25, 0.3) is 0 Å². The van der Waals surface area contributed by atoms with Gasteiger partial charge in [0.2, 0.25) is 0 Å². The number of para-hydroxylation sites is 1. The van der Waals surface area contributed by atoms with Gasteiger partial charge >= 0.3 is 11.3 Å². The Balaban J connectivity index is 0. The van der Waals surface area contributed by atoms with Gasteiger partial charge in [0.05, 0.1) is 0 Å². The molecule has 0 aliphatic heterocycles. The maximum atomic E-state index is 7.50. The van der Waals surface area contributed by atoms with Gasteiger partial charge in [0.1, 0.15) is 4.32 Å². The van der Waals surface area contributed by atoms with Gasteiger partial charge in [-0.05, 0) is 19.1 Å². The number of hydrogen-bond donors (Lipinski definition) is 0. The fraction of sp³-hybridized carbons (Fsp3) is 0.133. The molecule has 0 spiro atoms. The van der Waals surface area contributed by atoms with E-state index in [-0.39, 0.29) is 17.1 Å². The van der Waals surface area contributed by atoms with Gasteiger partial charge in [-0.15, -0.1) is 0 Å². The summed E-state index contributed by atoms with van der Waals surface area (Å²) in [6, 6.07) is 20.0. The zero-order valence-electron chi connectivity index (χ0n) is 11.0. The molecule has 20 heavy (non-hydrogen) atoms. The minimum absolute atomic E-state index is 0. The van der Waals surface area contributed by atoms with E-state index >= 15 is 0 Å². The molecule has 0 radical (unpaired) electrons. The number of hydrogen-bond acceptors (Lipinski definition) is 1. The Kier molecular flexibility index (Phi) is 15.5. The van der Waals surface area contributed by atoms with Crippen molar-refractivity contribution in [1.29, 1.82) is 0 Å². The molecule has 2 aromatic carbocycles. The van der Waals surface area contributed by atoms with Crippen molar-refractivity contribution in [3.8, 4) is 0 Å². The van der Waals surface area contributed by atoms with Crippen LogP contribution in [0.3, 0.4) is 0 Å². The van der Waals surface area contributed by atoms with Crippen LogP contribution in [0, 0.1) is 6.65 Å². The van der Waals surface area contributed by atoms with Crippen LogP contribution in [0.1, 0.15) is 6.92 Å². The van der Waals surface area contributed by atoms with Gasteiger partial charge < -0.3 is 17.5 Å². The molecule has 2 rings (SSSR count). The Hall–Kier alpha value is -0.931. The third-order valence-corrected chi connectivity index (χ3v) is 2.63. The normalized spacial score (nSPS) is 7.80. The van der Waals surface area contributed by atoms with Gasteiger partial charge in [-0.25, -0.2) is 12.1 Å². The van der Waals surface area contributed by atoms with Crippen molar-refractivity contribution >= 4 is 34.9 Å². The van der Waals surface area contributed by atoms with E-state index in [0.29, 0.717) is 4.32 Å². The molecule has 0 amide bonds. The summed E-state index contributed by atoms with van der Waals surface area (Å²) in [5, 5.41) is 0. The Morgan fingerprint density at radius 3 is 2.00 bits per heavy atom. The van der Waals surface area contributed by atoms with Crippen LogP contribution in [0.4, 0.5) is 5.69 Å². The Morgan fingerprint density at radius 1 is 1.20 bits per heavy atom. The third kappa shape index (κ3) is 9.05. The molecular weight excluding hydrogens is 330 g/mol. The van der Waals surface area contributed by atoms with E-state index in [1.54, 1.807) is 0 Å². The first-order chi connectivity index (χ1) is 9.25. The van der Waals surface area contributed by atoms with Crippen LogP contribution >= 0.6 is 0 Å². The van der Waals surface area contributed by atoms with Gasteiger partial charge in [-0.2, -0.15) is 18.2 Å². The SMILES string of the molecule is CCN(C([S-])=[SH+])c1ccccc1.[C-]#[O+].[Fe].c1cc[cH-]c1. The first kappa shape index (κ1) is 21.4. The third-order valence-electron chi connectivity index (χ3n) is 2.17. The second kappa shape index (κ2) is 14.5. The molecular formula is C15H16FeNOS2-. The van der Waals surface area contributed by atoms with E-state index in [9.17, 15) is 0 Å². The molecule has 0 bridgehead atoms. The molecule has 0 N–H and O–H groups in total. The van der Waals surface area contributed by atoms with Crippen molar-refractivity contribution in [3.05, 3.63) is 67.3 Å². The van der Waals surface area contributed by atoms with Gasteiger partial charge in [-0.1, -0.05) is 18.2 Å². The molecule has 2 aromatic rings. The summed E-state index contributed by atoms with van der Waals surface area (Å²) in [7, 11) is 0. The summed E-state index contributed by atoms with van der Waals surface area (Å²) in [5.41, 5.74) is 1.10. The summed E-state index contributed by atoms with van der Waals surface area (Å²) in [6.45, 7) is 7.40. The van der Waals surface area contributed by atoms with Gasteiger partial charge in [0.25, 0.3) is 0 Å². The second-order valence-electron chi connectivity index (χ2n) is 3.32. The summed E-state index contributed by atoms with van der Waals surface area (Å²) in [4.78, 5) is 1.97. The Morgan fingerprint density at radius 2 is 1.70 bits per heavy atom. The monoisotopic (exact) mass is 346 g/mol. The molecule has 0 fully saturated rings. The maximum Gasteiger partial charge on any atom is 0 e. The van der Waals surface area contributed by atoms with E-state index in [4.69, 9.17) is 17.3 Å². The van der Waals surface area contributed by atoms with Gasteiger partial charge in [0, 0.05) is 29.3 Å². The topological polar surface area (TPSA) is 23.1 Å². The summed E-state index contributed by atoms with van der Waals surface area (Å²) < 4.78 is 8.11. The van der Waals surface area contributed by atoms with Crippen molar-refractivity contribution < 1.29 is 21.7 Å². The van der Waals surface area contributed by atoms with E-state index < -0.39 is 0 Å². The van der Waals surface area contributed by atoms with Gasteiger partial charge in [0.15, 0.2) is 12.2 Å². The van der Waals surface area contributed by atoms with Crippen molar-refractivity contribution in [2.75, 3.05) is 11.4 Å². The standard InChI is InChI=1S/C9H11NS2.C5H5.CO.Fe/c1-2-10(9(11)12)8-6-4-3-5-7-8;1-2-4-5-3-1;1-2;/h3-7H,2H2,1H3,(H,11,12);1-5H;;/q;-1;;. The van der Waals surface area contributed by atoms with E-state index in [1.807, 2.05) is 65.6 Å². The number of anilines is 1. The fourth-order valence-corrected chi connectivity index (χ4v) is 1.85. The predicted octanol–water partition coefficient (Wildman–Crippen LogP) is 2.79. The fourth-order valence-electron chi connectivity index (χ4n) is 1.36. The second-order valence-corrected chi connectivity index (χ2v) is 4.44. The van der Waals surface area contributed by atoms with Crippen LogP contribution in [0.2, 0.25) is 0 Å². The van der Waals surface area contributed by atoms with Crippen LogP contribution in [0.15, 0.2) is 60.7 Å². The van der Waals surface area contributed by atoms with Crippen LogP contribution < -0.4 is 4.90 Å². The number of nitrogens with zero attached hydrogens (tertiary/aromatic N) is 1. The average molecular weight is 346 g/mol. The first-order valence-electron chi connectivity index (χ1n) is 5.68. The number of thiol groups is 1. The zero-order valence-corrected chi connectivity index (χ0v) is 13.9. The summed E-state index contributed by atoms with van der Waals surface area (Å²) in [6.07, 6.45) is 0. The molecule has 0 saturated carbocycles. The molecule has 0 aliphatic rings. The molecule has 108 valence electrons. The van der Waals surface area contributed by atoms with E-state index in [1.165, 1.54) is 0 Å². The van der Waals surface area contributed by atoms with E-state index in [2.05, 4.69) is 25.8 Å². The molecule has 0 aliphatic carbocycles. The first-order valence-corrected chi connectivity index (χ1v) is 6.54. The van der Waals surface area contributed by atoms with Crippen LogP contribution in [-0.2, 0) is 46.6 Å². The predicted molar refractivity (Wildman–Crippen MR) is 86.6 cm³/mol. The zero-order chi connectivity index (χ0) is 14.5. The molecule has 2 nitrogen and oxygen atoms in total. The van der Waals surface area contributed by atoms with Crippen LogP contribution in [-0.4, -0.2) is 10.9 Å². The minimum Gasteiger partial charge on any atom is -0.214 e. The molecule has 0 atom stereocenters. The van der Waals surface area contributed by atoms with E-state index in [0.717, 1.165) is 12.2 Å². The van der Waals surface area contributed by atoms with Crippen molar-refractivity contribution in [2.45, 2.75) is 6.92 Å². The molecule has 0 aromatic heterocycles. The van der Waals surface area contributed by atoms with Crippen molar-refractivity contribution in [2.24, 2.45) is 0 Å². The molecule has 0 heterocycles. The molecule has 0 saturated heterocycles. The number of benzene rings is 1. The summed E-state index contributed by atoms with van der Waals surface area (Å²) in [5.74, 6) is 0. The Labute approximate surface area is 142 Å². The largest absolute Gasteiger partial charge is 0.214 e. The van der Waals surface area contributed by atoms with Gasteiger partial charge in [-0.3, -0.25) is 0 Å². The summed E-state index contributed by atoms with van der Waals surface area (Å²) >= 11 is 9.13. The smallest absolute Gasteiger partial charge is 0 e.